The molecule has 1 amide bonds. The Bertz CT molecular complexity index is 1200. The molecular formula is C24H21BrN4O3. The van der Waals surface area contributed by atoms with Gasteiger partial charge < -0.3 is 14.8 Å². The Hall–Kier alpha value is -3.65. The third-order valence-corrected chi connectivity index (χ3v) is 5.18. The van der Waals surface area contributed by atoms with E-state index in [1.807, 2.05) is 55.5 Å². The number of benzene rings is 3. The first-order chi connectivity index (χ1) is 15.6. The SMILES string of the molecule is CCOc1ccc(-n2nc(C(=O)Nc3ccc(OC)cc3)nc2-c2ccc(Br)cc2)cc1. The molecule has 0 radical (unpaired) electrons. The van der Waals surface area contributed by atoms with Gasteiger partial charge in [-0.25, -0.2) is 9.67 Å². The molecule has 8 heteroatoms. The van der Waals surface area contributed by atoms with Gasteiger partial charge in [-0.3, -0.25) is 4.79 Å². The molecule has 4 aromatic rings. The Balaban J connectivity index is 1.69. The van der Waals surface area contributed by atoms with Crippen molar-refractivity contribution in [2.24, 2.45) is 0 Å². The number of halogens is 1. The fraction of sp³-hybridized carbons (Fsp3) is 0.125. The number of amides is 1. The van der Waals surface area contributed by atoms with E-state index in [1.54, 1.807) is 36.1 Å². The number of nitrogens with zero attached hydrogens (tertiary/aromatic N) is 3. The molecule has 0 saturated heterocycles. The first-order valence-electron chi connectivity index (χ1n) is 9.99. The molecule has 0 spiro atoms. The molecule has 0 fully saturated rings. The summed E-state index contributed by atoms with van der Waals surface area (Å²) in [5.41, 5.74) is 2.22. The first kappa shape index (κ1) is 21.6. The van der Waals surface area contributed by atoms with Crippen molar-refractivity contribution in [1.29, 1.82) is 0 Å². The second-order valence-corrected chi connectivity index (χ2v) is 7.70. The van der Waals surface area contributed by atoms with Gasteiger partial charge in [0, 0.05) is 15.7 Å². The number of hydrogen-bond acceptors (Lipinski definition) is 5. The van der Waals surface area contributed by atoms with Gasteiger partial charge in [-0.15, -0.1) is 5.10 Å². The predicted molar refractivity (Wildman–Crippen MR) is 127 cm³/mol. The van der Waals surface area contributed by atoms with Crippen molar-refractivity contribution in [2.75, 3.05) is 19.0 Å². The highest BCUT2D eigenvalue weighted by Crippen LogP contribution is 2.25. The maximum absolute atomic E-state index is 12.9. The molecule has 162 valence electrons. The van der Waals surface area contributed by atoms with E-state index in [2.05, 4.69) is 31.3 Å². The highest BCUT2D eigenvalue weighted by atomic mass is 79.9. The molecule has 0 aliphatic carbocycles. The Morgan fingerprint density at radius 3 is 2.25 bits per heavy atom. The molecular weight excluding hydrogens is 472 g/mol. The van der Waals surface area contributed by atoms with E-state index in [1.165, 1.54) is 0 Å². The average Bonchev–Trinajstić information content (AvgIpc) is 3.26. The van der Waals surface area contributed by atoms with Crippen molar-refractivity contribution < 1.29 is 14.3 Å². The van der Waals surface area contributed by atoms with Crippen LogP contribution in [0.3, 0.4) is 0 Å². The van der Waals surface area contributed by atoms with Crippen LogP contribution in [-0.4, -0.2) is 34.4 Å². The lowest BCUT2D eigenvalue weighted by Gasteiger charge is -2.08. The van der Waals surface area contributed by atoms with Crippen LogP contribution >= 0.6 is 15.9 Å². The van der Waals surface area contributed by atoms with Crippen LogP contribution < -0.4 is 14.8 Å². The Morgan fingerprint density at radius 1 is 0.969 bits per heavy atom. The zero-order chi connectivity index (χ0) is 22.5. The topological polar surface area (TPSA) is 78.3 Å². The van der Waals surface area contributed by atoms with Gasteiger partial charge in [-0.1, -0.05) is 28.1 Å². The standard InChI is InChI=1S/C24H21BrN4O3/c1-3-32-21-14-10-19(11-15-21)29-23(16-4-6-17(25)7-5-16)27-22(28-29)24(30)26-18-8-12-20(31-2)13-9-18/h4-15H,3H2,1-2H3,(H,26,30). The van der Waals surface area contributed by atoms with E-state index < -0.39 is 5.91 Å². The monoisotopic (exact) mass is 492 g/mol. The minimum absolute atomic E-state index is 0.0626. The summed E-state index contributed by atoms with van der Waals surface area (Å²) in [5, 5.41) is 7.33. The molecule has 4 rings (SSSR count). The zero-order valence-electron chi connectivity index (χ0n) is 17.6. The lowest BCUT2D eigenvalue weighted by molar-refractivity contribution is 0.101. The van der Waals surface area contributed by atoms with Crippen molar-refractivity contribution in [3.63, 3.8) is 0 Å². The van der Waals surface area contributed by atoms with Gasteiger partial charge >= 0.3 is 0 Å². The van der Waals surface area contributed by atoms with Crippen molar-refractivity contribution in [3.05, 3.63) is 83.1 Å². The number of ether oxygens (including phenoxy) is 2. The van der Waals surface area contributed by atoms with Crippen molar-refractivity contribution >= 4 is 27.5 Å². The fourth-order valence-electron chi connectivity index (χ4n) is 3.09. The van der Waals surface area contributed by atoms with Crippen LogP contribution in [0, 0.1) is 0 Å². The summed E-state index contributed by atoms with van der Waals surface area (Å²) in [6, 6.07) is 22.2. The summed E-state index contributed by atoms with van der Waals surface area (Å²) in [5.74, 6) is 1.69. The van der Waals surface area contributed by atoms with E-state index in [9.17, 15) is 4.79 Å². The molecule has 0 saturated carbocycles. The normalized spacial score (nSPS) is 10.6. The van der Waals surface area contributed by atoms with Gasteiger partial charge in [0.25, 0.3) is 5.91 Å². The summed E-state index contributed by atoms with van der Waals surface area (Å²) < 4.78 is 13.3. The van der Waals surface area contributed by atoms with Crippen LogP contribution in [-0.2, 0) is 0 Å². The number of carbonyl (C=O) groups excluding carboxylic acids is 1. The van der Waals surface area contributed by atoms with E-state index in [-0.39, 0.29) is 5.82 Å². The number of rotatable bonds is 7. The van der Waals surface area contributed by atoms with Crippen molar-refractivity contribution in [1.82, 2.24) is 14.8 Å². The van der Waals surface area contributed by atoms with Gasteiger partial charge in [0.15, 0.2) is 5.82 Å². The van der Waals surface area contributed by atoms with Crippen LogP contribution in [0.15, 0.2) is 77.3 Å². The van der Waals surface area contributed by atoms with Gasteiger partial charge in [-0.05, 0) is 67.6 Å². The largest absolute Gasteiger partial charge is 0.497 e. The maximum Gasteiger partial charge on any atom is 0.295 e. The molecule has 32 heavy (non-hydrogen) atoms. The molecule has 7 nitrogen and oxygen atoms in total. The number of aromatic nitrogens is 3. The summed E-state index contributed by atoms with van der Waals surface area (Å²) in [6.07, 6.45) is 0. The summed E-state index contributed by atoms with van der Waals surface area (Å²) >= 11 is 3.45. The molecule has 0 aliphatic rings. The van der Waals surface area contributed by atoms with Crippen LogP contribution in [0.25, 0.3) is 17.1 Å². The number of carbonyl (C=O) groups is 1. The molecule has 0 unspecified atom stereocenters. The number of nitrogens with one attached hydrogen (secondary N) is 1. The predicted octanol–water partition coefficient (Wildman–Crippen LogP) is 5.36. The third-order valence-electron chi connectivity index (χ3n) is 4.65. The highest BCUT2D eigenvalue weighted by molar-refractivity contribution is 9.10. The molecule has 1 N–H and O–H groups in total. The van der Waals surface area contributed by atoms with Gasteiger partial charge in [0.2, 0.25) is 5.82 Å². The smallest absolute Gasteiger partial charge is 0.295 e. The van der Waals surface area contributed by atoms with E-state index in [0.29, 0.717) is 23.9 Å². The molecule has 0 aliphatic heterocycles. The van der Waals surface area contributed by atoms with E-state index >= 15 is 0 Å². The first-order valence-corrected chi connectivity index (χ1v) is 10.8. The highest BCUT2D eigenvalue weighted by Gasteiger charge is 2.19. The molecule has 3 aromatic carbocycles. The van der Waals surface area contributed by atoms with Crippen LogP contribution in [0.5, 0.6) is 11.5 Å². The molecule has 0 bridgehead atoms. The molecule has 0 atom stereocenters. The lowest BCUT2D eigenvalue weighted by atomic mass is 10.2. The van der Waals surface area contributed by atoms with Crippen molar-refractivity contribution in [2.45, 2.75) is 6.92 Å². The number of anilines is 1. The lowest BCUT2D eigenvalue weighted by Crippen LogP contribution is -2.14. The fourth-order valence-corrected chi connectivity index (χ4v) is 3.35. The van der Waals surface area contributed by atoms with Crippen molar-refractivity contribution in [3.8, 4) is 28.6 Å². The zero-order valence-corrected chi connectivity index (χ0v) is 19.2. The van der Waals surface area contributed by atoms with Crippen LogP contribution in [0.1, 0.15) is 17.5 Å². The Kier molecular flexibility index (Phi) is 6.51. The minimum Gasteiger partial charge on any atom is -0.497 e. The summed E-state index contributed by atoms with van der Waals surface area (Å²) in [4.78, 5) is 17.4. The van der Waals surface area contributed by atoms with Crippen LogP contribution in [0.4, 0.5) is 5.69 Å². The summed E-state index contributed by atoms with van der Waals surface area (Å²) in [6.45, 7) is 2.52. The van der Waals surface area contributed by atoms with Gasteiger partial charge in [0.1, 0.15) is 11.5 Å². The van der Waals surface area contributed by atoms with Gasteiger partial charge in [0.05, 0.1) is 19.4 Å². The number of hydrogen-bond donors (Lipinski definition) is 1. The Labute approximate surface area is 194 Å². The minimum atomic E-state index is -0.404. The molecule has 1 heterocycles. The second kappa shape index (κ2) is 9.65. The molecule has 1 aromatic heterocycles. The average molecular weight is 493 g/mol. The quantitative estimate of drug-likeness (QED) is 0.375. The van der Waals surface area contributed by atoms with Gasteiger partial charge in [-0.2, -0.15) is 0 Å². The number of methoxy groups -OCH3 is 1. The third kappa shape index (κ3) is 4.81. The van der Waals surface area contributed by atoms with E-state index in [0.717, 1.165) is 21.5 Å². The second-order valence-electron chi connectivity index (χ2n) is 6.79. The maximum atomic E-state index is 12.9. The van der Waals surface area contributed by atoms with Crippen LogP contribution in [0.2, 0.25) is 0 Å². The summed E-state index contributed by atoms with van der Waals surface area (Å²) in [7, 11) is 1.59. The Morgan fingerprint density at radius 2 is 1.62 bits per heavy atom. The van der Waals surface area contributed by atoms with E-state index in [4.69, 9.17) is 9.47 Å².